The number of halogens is 1. The van der Waals surface area contributed by atoms with Gasteiger partial charge in [0.25, 0.3) is 0 Å². The average Bonchev–Trinajstić information content (AvgIpc) is 3.62. The lowest BCUT2D eigenvalue weighted by atomic mass is 9.87. The summed E-state index contributed by atoms with van der Waals surface area (Å²) >= 11 is 0. The van der Waals surface area contributed by atoms with Gasteiger partial charge >= 0.3 is 0 Å². The third kappa shape index (κ3) is 4.95. The second kappa shape index (κ2) is 10.6. The molecule has 0 saturated heterocycles. The Morgan fingerprint density at radius 2 is 1.78 bits per heavy atom. The Balaban J connectivity index is 1.20. The molecule has 1 fully saturated rings. The van der Waals surface area contributed by atoms with Gasteiger partial charge in [-0.3, -0.25) is 24.8 Å². The maximum atomic E-state index is 14.6. The number of carbonyl (C=O) groups is 1. The van der Waals surface area contributed by atoms with E-state index >= 15 is 0 Å². The Hall–Kier alpha value is -4.92. The number of amides is 1. The first kappa shape index (κ1) is 25.1. The smallest absolute Gasteiger partial charge is 0.224 e. The van der Waals surface area contributed by atoms with Crippen LogP contribution < -0.4 is 5.32 Å². The van der Waals surface area contributed by atoms with Crippen LogP contribution in [-0.4, -0.2) is 36.0 Å². The van der Waals surface area contributed by atoms with Gasteiger partial charge < -0.3 is 10.3 Å². The third-order valence-corrected chi connectivity index (χ3v) is 7.90. The lowest BCUT2D eigenvalue weighted by molar-refractivity contribution is -0.117. The molecular weight excluding hydrogens is 517 g/mol. The van der Waals surface area contributed by atoms with Crippen LogP contribution in [0.4, 0.5) is 10.1 Å². The lowest BCUT2D eigenvalue weighted by Crippen LogP contribution is -2.18. The molecule has 1 aliphatic carbocycles. The fraction of sp³-hybridized carbons (Fsp3) is 0.219. The molecule has 7 rings (SSSR count). The first-order valence-electron chi connectivity index (χ1n) is 13.9. The quantitative estimate of drug-likeness (QED) is 0.204. The van der Waals surface area contributed by atoms with E-state index in [-0.39, 0.29) is 11.7 Å². The molecule has 0 aliphatic heterocycles. The number of rotatable bonds is 6. The van der Waals surface area contributed by atoms with Crippen LogP contribution >= 0.6 is 0 Å². The molecule has 204 valence electrons. The largest absolute Gasteiger partial charge is 0.353 e. The molecule has 5 heterocycles. The predicted molar refractivity (Wildman–Crippen MR) is 157 cm³/mol. The SMILES string of the molecule is O=C(CC1CCCCC1)Nc1cncc(-c2cc3c(-c4cc5c(-c6ccccc6F)nccc5[nH]4)n[nH]c3cn2)c1. The Morgan fingerprint density at radius 3 is 2.66 bits per heavy atom. The van der Waals surface area contributed by atoms with E-state index in [1.165, 1.54) is 25.3 Å². The Bertz CT molecular complexity index is 1890. The molecule has 8 nitrogen and oxygen atoms in total. The molecule has 0 bridgehead atoms. The summed E-state index contributed by atoms with van der Waals surface area (Å²) in [6.45, 7) is 0. The van der Waals surface area contributed by atoms with Crippen LogP contribution in [0, 0.1) is 11.7 Å². The van der Waals surface area contributed by atoms with Crippen molar-refractivity contribution in [1.29, 1.82) is 0 Å². The van der Waals surface area contributed by atoms with Gasteiger partial charge in [0.1, 0.15) is 11.5 Å². The molecule has 0 radical (unpaired) electrons. The van der Waals surface area contributed by atoms with Gasteiger partial charge in [0.05, 0.1) is 40.7 Å². The van der Waals surface area contributed by atoms with Crippen LogP contribution in [-0.2, 0) is 4.79 Å². The second-order valence-corrected chi connectivity index (χ2v) is 10.7. The molecule has 1 aliphatic rings. The number of hydrogen-bond donors (Lipinski definition) is 3. The molecule has 6 aromatic rings. The van der Waals surface area contributed by atoms with Crippen molar-refractivity contribution in [2.45, 2.75) is 38.5 Å². The molecular formula is C32H28FN7O. The van der Waals surface area contributed by atoms with E-state index in [1.54, 1.807) is 43.0 Å². The van der Waals surface area contributed by atoms with Crippen molar-refractivity contribution >= 4 is 33.4 Å². The number of H-pyrrole nitrogens is 2. The molecule has 1 saturated carbocycles. The molecule has 0 atom stereocenters. The van der Waals surface area contributed by atoms with E-state index in [0.29, 0.717) is 40.7 Å². The fourth-order valence-electron chi connectivity index (χ4n) is 5.84. The zero-order valence-corrected chi connectivity index (χ0v) is 22.3. The maximum absolute atomic E-state index is 14.6. The molecule has 41 heavy (non-hydrogen) atoms. The van der Waals surface area contributed by atoms with Crippen molar-refractivity contribution < 1.29 is 9.18 Å². The topological polar surface area (TPSA) is 112 Å². The number of benzene rings is 1. The van der Waals surface area contributed by atoms with Gasteiger partial charge in [-0.15, -0.1) is 0 Å². The van der Waals surface area contributed by atoms with Crippen molar-refractivity contribution in [1.82, 2.24) is 30.1 Å². The van der Waals surface area contributed by atoms with E-state index in [9.17, 15) is 9.18 Å². The number of anilines is 1. The standard InChI is InChI=1S/C32H28FN7O/c33-25-9-5-4-8-22(25)31-23-15-28(38-26(23)10-11-35-31)32-24-14-27(36-18-29(24)39-40-32)20-13-21(17-34-16-20)37-30(41)12-19-6-2-1-3-7-19/h4-5,8-11,13-19,38H,1-3,6-7,12H2,(H,37,41)(H,39,40). The third-order valence-electron chi connectivity index (χ3n) is 7.90. The summed E-state index contributed by atoms with van der Waals surface area (Å²) in [6.07, 6.45) is 13.3. The van der Waals surface area contributed by atoms with Gasteiger partial charge in [-0.05, 0) is 55.2 Å². The fourth-order valence-corrected chi connectivity index (χ4v) is 5.84. The van der Waals surface area contributed by atoms with Crippen LogP contribution in [0.15, 0.2) is 73.3 Å². The zero-order chi connectivity index (χ0) is 27.8. The summed E-state index contributed by atoms with van der Waals surface area (Å²) in [5.74, 6) is 0.170. The first-order valence-corrected chi connectivity index (χ1v) is 13.9. The van der Waals surface area contributed by atoms with Crippen molar-refractivity contribution in [3.8, 4) is 33.9 Å². The highest BCUT2D eigenvalue weighted by Crippen LogP contribution is 2.35. The molecule has 9 heteroatoms. The number of aromatic amines is 2. The number of nitrogens with one attached hydrogen (secondary N) is 3. The number of fused-ring (bicyclic) bond motifs is 2. The van der Waals surface area contributed by atoms with Crippen molar-refractivity contribution in [3.05, 3.63) is 79.1 Å². The second-order valence-electron chi connectivity index (χ2n) is 10.7. The summed E-state index contributed by atoms with van der Waals surface area (Å²) in [6, 6.07) is 14.3. The van der Waals surface area contributed by atoms with Crippen LogP contribution in [0.25, 0.3) is 55.7 Å². The molecule has 1 aromatic carbocycles. The highest BCUT2D eigenvalue weighted by atomic mass is 19.1. The average molecular weight is 546 g/mol. The zero-order valence-electron chi connectivity index (χ0n) is 22.3. The van der Waals surface area contributed by atoms with Crippen LogP contribution in [0.1, 0.15) is 38.5 Å². The maximum Gasteiger partial charge on any atom is 0.224 e. The van der Waals surface area contributed by atoms with Crippen LogP contribution in [0.3, 0.4) is 0 Å². The van der Waals surface area contributed by atoms with Crippen LogP contribution in [0.5, 0.6) is 0 Å². The molecule has 5 aromatic heterocycles. The predicted octanol–water partition coefficient (Wildman–Crippen LogP) is 7.28. The number of aromatic nitrogens is 6. The van der Waals surface area contributed by atoms with Crippen molar-refractivity contribution in [2.75, 3.05) is 5.32 Å². The minimum atomic E-state index is -0.322. The summed E-state index contributed by atoms with van der Waals surface area (Å²) in [5, 5.41) is 12.3. The Kier molecular flexibility index (Phi) is 6.47. The van der Waals surface area contributed by atoms with E-state index in [1.807, 2.05) is 24.3 Å². The Morgan fingerprint density at radius 1 is 0.927 bits per heavy atom. The minimum Gasteiger partial charge on any atom is -0.353 e. The summed E-state index contributed by atoms with van der Waals surface area (Å²) < 4.78 is 14.6. The molecule has 3 N–H and O–H groups in total. The van der Waals surface area contributed by atoms with Gasteiger partial charge in [0.15, 0.2) is 0 Å². The van der Waals surface area contributed by atoms with E-state index in [2.05, 4.69) is 35.5 Å². The number of carbonyl (C=O) groups excluding carboxylic acids is 1. The van der Waals surface area contributed by atoms with Gasteiger partial charge in [0.2, 0.25) is 5.91 Å². The van der Waals surface area contributed by atoms with E-state index in [4.69, 9.17) is 0 Å². The van der Waals surface area contributed by atoms with E-state index < -0.39 is 0 Å². The van der Waals surface area contributed by atoms with Crippen molar-refractivity contribution in [2.24, 2.45) is 5.92 Å². The minimum absolute atomic E-state index is 0.0273. The number of hydrogen-bond acceptors (Lipinski definition) is 5. The summed E-state index contributed by atoms with van der Waals surface area (Å²) in [5.41, 5.74) is 6.26. The van der Waals surface area contributed by atoms with Gasteiger partial charge in [0, 0.05) is 46.2 Å². The first-order chi connectivity index (χ1) is 20.1. The lowest BCUT2D eigenvalue weighted by Gasteiger charge is -2.20. The molecule has 0 spiro atoms. The number of nitrogens with zero attached hydrogens (tertiary/aromatic N) is 4. The monoisotopic (exact) mass is 545 g/mol. The molecule has 0 unspecified atom stereocenters. The Labute approximate surface area is 235 Å². The van der Waals surface area contributed by atoms with Crippen LogP contribution in [0.2, 0.25) is 0 Å². The highest BCUT2D eigenvalue weighted by molar-refractivity contribution is 6.00. The van der Waals surface area contributed by atoms with Crippen molar-refractivity contribution in [3.63, 3.8) is 0 Å². The van der Waals surface area contributed by atoms with Gasteiger partial charge in [-0.2, -0.15) is 5.10 Å². The molecule has 1 amide bonds. The normalized spacial score (nSPS) is 14.1. The number of pyridine rings is 3. The van der Waals surface area contributed by atoms with Gasteiger partial charge in [-0.25, -0.2) is 4.39 Å². The van der Waals surface area contributed by atoms with E-state index in [0.717, 1.165) is 45.9 Å². The van der Waals surface area contributed by atoms with Gasteiger partial charge in [-0.1, -0.05) is 31.4 Å². The summed E-state index contributed by atoms with van der Waals surface area (Å²) in [4.78, 5) is 29.6. The highest BCUT2D eigenvalue weighted by Gasteiger charge is 2.19. The summed E-state index contributed by atoms with van der Waals surface area (Å²) in [7, 11) is 0.